The van der Waals surface area contributed by atoms with E-state index in [9.17, 15) is 19.8 Å². The number of carbonyl (C=O) groups is 2. The molecule has 0 bridgehead atoms. The molecule has 234 valence electrons. The van der Waals surface area contributed by atoms with Crippen molar-refractivity contribution in [1.29, 1.82) is 0 Å². The van der Waals surface area contributed by atoms with E-state index in [2.05, 4.69) is 10.6 Å². The molecule has 1 aliphatic carbocycles. The lowest BCUT2D eigenvalue weighted by molar-refractivity contribution is -0.132. The minimum atomic E-state index is -1.32. The normalized spacial score (nSPS) is 23.3. The quantitative estimate of drug-likeness (QED) is 0.291. The highest BCUT2D eigenvalue weighted by Crippen LogP contribution is 2.33. The molecule has 3 aromatic carbocycles. The van der Waals surface area contributed by atoms with Crippen molar-refractivity contribution in [2.75, 3.05) is 13.1 Å². The number of β-amino-alcohol motifs (C(OH)–C–C–N with tert-alkyl or cyclic N) is 1. The number of amides is 2. The van der Waals surface area contributed by atoms with Gasteiger partial charge in [-0.05, 0) is 75.3 Å². The maximum absolute atomic E-state index is 14.1. The molecule has 0 aromatic heterocycles. The molecular formula is C36H45N3O5. The van der Waals surface area contributed by atoms with Gasteiger partial charge in [-0.1, -0.05) is 84.9 Å². The van der Waals surface area contributed by atoms with Crippen molar-refractivity contribution in [2.45, 2.75) is 88.3 Å². The Morgan fingerprint density at radius 3 is 2.23 bits per heavy atom. The summed E-state index contributed by atoms with van der Waals surface area (Å²) in [5.41, 5.74) is 1.94. The standard InChI is InChI=1S/C36H45N3O5/c1-35(2,3)44-34(42)37-31(22-26-15-8-5-9-16-26)36(43)19-12-20-39(24-36)29(21-25-13-6-4-7-14-25)33(41)38-32-28-18-11-10-17-27(28)23-30(32)40/h4-11,13-18,29-32,40,43H,12,19-24H2,1-3H3,(H,37,42)(H,38,41). The molecule has 5 unspecified atom stereocenters. The molecule has 2 amide bonds. The van der Waals surface area contributed by atoms with Crippen LogP contribution in [0.2, 0.25) is 0 Å². The zero-order valence-corrected chi connectivity index (χ0v) is 25.9. The summed E-state index contributed by atoms with van der Waals surface area (Å²) in [4.78, 5) is 29.2. The second kappa shape index (κ2) is 13.5. The lowest BCUT2D eigenvalue weighted by Crippen LogP contribution is -2.64. The molecule has 1 aliphatic heterocycles. The highest BCUT2D eigenvalue weighted by molar-refractivity contribution is 5.83. The van der Waals surface area contributed by atoms with Crippen LogP contribution in [-0.2, 0) is 28.8 Å². The summed E-state index contributed by atoms with van der Waals surface area (Å²) in [6.45, 7) is 6.23. The SMILES string of the molecule is CC(C)(C)OC(=O)NC(Cc1ccccc1)C1(O)CCCN(C(Cc2ccccc2)C(=O)NC2c3ccccc3CC2O)C1. The molecule has 4 N–H and O–H groups in total. The van der Waals surface area contributed by atoms with Gasteiger partial charge in [0.05, 0.1) is 29.8 Å². The number of fused-ring (bicyclic) bond motifs is 1. The number of hydrogen-bond acceptors (Lipinski definition) is 6. The van der Waals surface area contributed by atoms with Gasteiger partial charge in [-0.15, -0.1) is 0 Å². The van der Waals surface area contributed by atoms with Crippen LogP contribution in [0.3, 0.4) is 0 Å². The highest BCUT2D eigenvalue weighted by atomic mass is 16.6. The topological polar surface area (TPSA) is 111 Å². The summed E-state index contributed by atoms with van der Waals surface area (Å²) >= 11 is 0. The molecular weight excluding hydrogens is 554 g/mol. The molecule has 8 heteroatoms. The predicted molar refractivity (Wildman–Crippen MR) is 170 cm³/mol. The van der Waals surface area contributed by atoms with Gasteiger partial charge in [-0.25, -0.2) is 4.79 Å². The van der Waals surface area contributed by atoms with E-state index in [1.54, 1.807) is 0 Å². The predicted octanol–water partition coefficient (Wildman–Crippen LogP) is 4.34. The van der Waals surface area contributed by atoms with Gasteiger partial charge in [0.15, 0.2) is 0 Å². The zero-order valence-electron chi connectivity index (χ0n) is 25.9. The van der Waals surface area contributed by atoms with Crippen LogP contribution in [0.1, 0.15) is 61.9 Å². The number of carbonyl (C=O) groups excluding carboxylic acids is 2. The van der Waals surface area contributed by atoms with E-state index >= 15 is 0 Å². The average molecular weight is 600 g/mol. The van der Waals surface area contributed by atoms with Crippen molar-refractivity contribution in [2.24, 2.45) is 0 Å². The Labute approximate surface area is 260 Å². The zero-order chi connectivity index (χ0) is 31.3. The van der Waals surface area contributed by atoms with Crippen LogP contribution in [0.25, 0.3) is 0 Å². The molecule has 1 saturated heterocycles. The maximum Gasteiger partial charge on any atom is 0.407 e. The summed E-state index contributed by atoms with van der Waals surface area (Å²) < 4.78 is 5.58. The number of ether oxygens (including phenoxy) is 1. The van der Waals surface area contributed by atoms with E-state index in [1.165, 1.54) is 0 Å². The number of aliphatic hydroxyl groups excluding tert-OH is 1. The van der Waals surface area contributed by atoms with Crippen LogP contribution in [-0.4, -0.2) is 69.6 Å². The smallest absolute Gasteiger partial charge is 0.407 e. The van der Waals surface area contributed by atoms with Crippen LogP contribution in [0.5, 0.6) is 0 Å². The minimum absolute atomic E-state index is 0.190. The second-order valence-electron chi connectivity index (χ2n) is 13.2. The number of nitrogens with one attached hydrogen (secondary N) is 2. The summed E-state index contributed by atoms with van der Waals surface area (Å²) in [5.74, 6) is -0.196. The van der Waals surface area contributed by atoms with Gasteiger partial charge in [0, 0.05) is 13.0 Å². The number of hydrogen-bond donors (Lipinski definition) is 4. The molecule has 5 rings (SSSR count). The van der Waals surface area contributed by atoms with Crippen LogP contribution >= 0.6 is 0 Å². The second-order valence-corrected chi connectivity index (χ2v) is 13.2. The molecule has 1 fully saturated rings. The van der Waals surface area contributed by atoms with E-state index < -0.39 is 41.5 Å². The fraction of sp³-hybridized carbons (Fsp3) is 0.444. The summed E-state index contributed by atoms with van der Waals surface area (Å²) in [5, 5.41) is 29.3. The van der Waals surface area contributed by atoms with Gasteiger partial charge in [0.2, 0.25) is 5.91 Å². The Hall–Kier alpha value is -3.72. The molecule has 44 heavy (non-hydrogen) atoms. The Morgan fingerprint density at radius 2 is 1.57 bits per heavy atom. The third-order valence-electron chi connectivity index (χ3n) is 8.67. The molecule has 2 aliphatic rings. The Kier molecular flexibility index (Phi) is 9.73. The number of rotatable bonds is 9. The molecule has 0 saturated carbocycles. The van der Waals surface area contributed by atoms with Gasteiger partial charge in [-0.2, -0.15) is 0 Å². The van der Waals surface area contributed by atoms with E-state index in [4.69, 9.17) is 4.74 Å². The molecule has 0 radical (unpaired) electrons. The summed E-state index contributed by atoms with van der Waals surface area (Å²) in [7, 11) is 0. The first-order chi connectivity index (χ1) is 21.0. The number of likely N-dealkylation sites (tertiary alicyclic amines) is 1. The number of piperidine rings is 1. The first kappa shape index (κ1) is 31.7. The monoisotopic (exact) mass is 599 g/mol. The number of nitrogens with zero attached hydrogens (tertiary/aromatic N) is 1. The lowest BCUT2D eigenvalue weighted by atomic mass is 9.81. The minimum Gasteiger partial charge on any atom is -0.444 e. The van der Waals surface area contributed by atoms with Crippen molar-refractivity contribution in [1.82, 2.24) is 15.5 Å². The number of alkyl carbamates (subject to hydrolysis) is 1. The maximum atomic E-state index is 14.1. The summed E-state index contributed by atoms with van der Waals surface area (Å²) in [6.07, 6.45) is 1.15. The van der Waals surface area contributed by atoms with Crippen molar-refractivity contribution in [3.05, 3.63) is 107 Å². The third kappa shape index (κ3) is 7.86. The third-order valence-corrected chi connectivity index (χ3v) is 8.67. The molecule has 3 aromatic rings. The van der Waals surface area contributed by atoms with Crippen molar-refractivity contribution < 1.29 is 24.5 Å². The van der Waals surface area contributed by atoms with Gasteiger partial charge in [0.1, 0.15) is 5.60 Å². The summed E-state index contributed by atoms with van der Waals surface area (Å²) in [6, 6.07) is 25.7. The fourth-order valence-electron chi connectivity index (χ4n) is 6.55. The number of benzene rings is 3. The van der Waals surface area contributed by atoms with Gasteiger partial charge < -0.3 is 25.6 Å². The largest absolute Gasteiger partial charge is 0.444 e. The van der Waals surface area contributed by atoms with Gasteiger partial charge in [0.25, 0.3) is 0 Å². The first-order valence-corrected chi connectivity index (χ1v) is 15.6. The van der Waals surface area contributed by atoms with Crippen LogP contribution in [0.4, 0.5) is 4.79 Å². The Bertz CT molecular complexity index is 1410. The number of aliphatic hydroxyl groups is 2. The van der Waals surface area contributed by atoms with E-state index in [1.807, 2.05) is 111 Å². The molecule has 8 nitrogen and oxygen atoms in total. The van der Waals surface area contributed by atoms with Gasteiger partial charge in [-0.3, -0.25) is 9.69 Å². The lowest BCUT2D eigenvalue weighted by Gasteiger charge is -2.46. The van der Waals surface area contributed by atoms with Crippen LogP contribution in [0.15, 0.2) is 84.9 Å². The van der Waals surface area contributed by atoms with Crippen LogP contribution in [0, 0.1) is 0 Å². The van der Waals surface area contributed by atoms with Crippen LogP contribution < -0.4 is 10.6 Å². The van der Waals surface area contributed by atoms with Crippen molar-refractivity contribution in [3.63, 3.8) is 0 Å². The fourth-order valence-corrected chi connectivity index (χ4v) is 6.55. The Morgan fingerprint density at radius 1 is 0.955 bits per heavy atom. The van der Waals surface area contributed by atoms with E-state index in [0.717, 1.165) is 22.3 Å². The van der Waals surface area contributed by atoms with Crippen molar-refractivity contribution in [3.8, 4) is 0 Å². The van der Waals surface area contributed by atoms with Gasteiger partial charge >= 0.3 is 6.09 Å². The van der Waals surface area contributed by atoms with E-state index in [-0.39, 0.29) is 12.5 Å². The highest BCUT2D eigenvalue weighted by Gasteiger charge is 2.45. The molecule has 5 atom stereocenters. The van der Waals surface area contributed by atoms with E-state index in [0.29, 0.717) is 38.6 Å². The van der Waals surface area contributed by atoms with Crippen molar-refractivity contribution >= 4 is 12.0 Å². The molecule has 1 heterocycles. The molecule has 0 spiro atoms. The first-order valence-electron chi connectivity index (χ1n) is 15.6. The Balaban J connectivity index is 1.41. The average Bonchev–Trinajstić information content (AvgIpc) is 3.30.